The molecular formula is C22H20FNO. The molecule has 0 aliphatic rings. The zero-order valence-corrected chi connectivity index (χ0v) is 14.1. The fourth-order valence-electron chi connectivity index (χ4n) is 2.68. The zero-order valence-electron chi connectivity index (χ0n) is 14.1. The van der Waals surface area contributed by atoms with Crippen LogP contribution in [0.5, 0.6) is 0 Å². The lowest BCUT2D eigenvalue weighted by molar-refractivity contribution is 0.102. The molecule has 0 saturated carbocycles. The van der Waals surface area contributed by atoms with Crippen LogP contribution in [0.2, 0.25) is 0 Å². The highest BCUT2D eigenvalue weighted by molar-refractivity contribution is 6.04. The predicted molar refractivity (Wildman–Crippen MR) is 99.4 cm³/mol. The van der Waals surface area contributed by atoms with Gasteiger partial charge in [0.2, 0.25) is 0 Å². The molecule has 0 bridgehead atoms. The van der Waals surface area contributed by atoms with Gasteiger partial charge in [-0.3, -0.25) is 4.79 Å². The van der Waals surface area contributed by atoms with E-state index in [1.807, 2.05) is 49.4 Å². The van der Waals surface area contributed by atoms with Crippen molar-refractivity contribution < 1.29 is 9.18 Å². The number of anilines is 1. The molecule has 3 rings (SSSR count). The molecule has 0 spiro atoms. The molecule has 0 aliphatic heterocycles. The molecule has 0 aliphatic carbocycles. The molecule has 2 nitrogen and oxygen atoms in total. The Bertz CT molecular complexity index is 857. The Morgan fingerprint density at radius 3 is 2.24 bits per heavy atom. The summed E-state index contributed by atoms with van der Waals surface area (Å²) in [6.07, 6.45) is 1.66. The van der Waals surface area contributed by atoms with E-state index in [0.717, 1.165) is 35.2 Å². The van der Waals surface area contributed by atoms with Crippen LogP contribution in [0.15, 0.2) is 72.8 Å². The number of carbonyl (C=O) groups is 1. The molecule has 0 fully saturated rings. The van der Waals surface area contributed by atoms with Gasteiger partial charge in [-0.15, -0.1) is 0 Å². The normalized spacial score (nSPS) is 10.5. The van der Waals surface area contributed by atoms with Crippen LogP contribution in [0, 0.1) is 12.7 Å². The van der Waals surface area contributed by atoms with Gasteiger partial charge in [0.1, 0.15) is 5.82 Å². The van der Waals surface area contributed by atoms with Gasteiger partial charge in [0.05, 0.1) is 0 Å². The Labute approximate surface area is 147 Å². The third kappa shape index (κ3) is 4.54. The molecule has 3 aromatic carbocycles. The van der Waals surface area contributed by atoms with Crippen molar-refractivity contribution in [1.29, 1.82) is 0 Å². The molecule has 126 valence electrons. The number of hydrogen-bond acceptors (Lipinski definition) is 1. The smallest absolute Gasteiger partial charge is 0.255 e. The fourth-order valence-corrected chi connectivity index (χ4v) is 2.68. The van der Waals surface area contributed by atoms with Crippen molar-refractivity contribution in [2.75, 3.05) is 5.32 Å². The lowest BCUT2D eigenvalue weighted by Crippen LogP contribution is -2.12. The van der Waals surface area contributed by atoms with Crippen molar-refractivity contribution in [3.8, 4) is 0 Å². The van der Waals surface area contributed by atoms with Gasteiger partial charge in [-0.1, -0.05) is 42.5 Å². The third-order valence-corrected chi connectivity index (χ3v) is 4.20. The molecule has 3 heteroatoms. The highest BCUT2D eigenvalue weighted by Crippen LogP contribution is 2.19. The van der Waals surface area contributed by atoms with E-state index in [4.69, 9.17) is 0 Å². The topological polar surface area (TPSA) is 29.1 Å². The first-order valence-corrected chi connectivity index (χ1v) is 8.32. The summed E-state index contributed by atoms with van der Waals surface area (Å²) < 4.78 is 13.0. The molecule has 25 heavy (non-hydrogen) atoms. The summed E-state index contributed by atoms with van der Waals surface area (Å²) in [7, 11) is 0. The Morgan fingerprint density at radius 1 is 0.880 bits per heavy atom. The minimum absolute atomic E-state index is 0.112. The van der Waals surface area contributed by atoms with Crippen molar-refractivity contribution >= 4 is 11.6 Å². The van der Waals surface area contributed by atoms with E-state index in [9.17, 15) is 9.18 Å². The van der Waals surface area contributed by atoms with Crippen LogP contribution < -0.4 is 5.32 Å². The first-order chi connectivity index (χ1) is 12.1. The molecule has 0 radical (unpaired) electrons. The average Bonchev–Trinajstić information content (AvgIpc) is 2.64. The van der Waals surface area contributed by atoms with Crippen LogP contribution in [0.25, 0.3) is 0 Å². The summed E-state index contributed by atoms with van der Waals surface area (Å²) in [5.74, 6) is -0.329. The van der Waals surface area contributed by atoms with Gasteiger partial charge in [-0.05, 0) is 66.8 Å². The quantitative estimate of drug-likeness (QED) is 0.685. The summed E-state index contributed by atoms with van der Waals surface area (Å²) in [4.78, 5) is 12.3. The molecule has 3 aromatic rings. The maximum atomic E-state index is 13.0. The second-order valence-electron chi connectivity index (χ2n) is 6.10. The highest BCUT2D eigenvalue weighted by atomic mass is 19.1. The third-order valence-electron chi connectivity index (χ3n) is 4.20. The van der Waals surface area contributed by atoms with Crippen molar-refractivity contribution in [3.63, 3.8) is 0 Å². The molecule has 1 N–H and O–H groups in total. The predicted octanol–water partition coefficient (Wildman–Crippen LogP) is 5.17. The van der Waals surface area contributed by atoms with Gasteiger partial charge in [0.15, 0.2) is 0 Å². The largest absolute Gasteiger partial charge is 0.322 e. The van der Waals surface area contributed by atoms with E-state index in [0.29, 0.717) is 5.56 Å². The summed E-state index contributed by atoms with van der Waals surface area (Å²) in [5.41, 5.74) is 4.72. The standard InChI is InChI=1S/C22H20FNO/c1-16-7-8-18(10-9-17-11-13-20(23)14-12-17)15-21(16)24-22(25)19-5-3-2-4-6-19/h2-8,11-15H,9-10H2,1H3,(H,24,25). The number of hydrogen-bond donors (Lipinski definition) is 1. The van der Waals surface area contributed by atoms with Crippen LogP contribution in [-0.2, 0) is 12.8 Å². The maximum absolute atomic E-state index is 13.0. The number of carbonyl (C=O) groups excluding carboxylic acids is 1. The van der Waals surface area contributed by atoms with Crippen molar-refractivity contribution in [2.45, 2.75) is 19.8 Å². The molecule has 0 saturated heterocycles. The molecule has 1 amide bonds. The van der Waals surface area contributed by atoms with E-state index in [2.05, 4.69) is 11.4 Å². The Balaban J connectivity index is 1.69. The number of nitrogens with one attached hydrogen (secondary N) is 1. The van der Waals surface area contributed by atoms with Gasteiger partial charge >= 0.3 is 0 Å². The summed E-state index contributed by atoms with van der Waals surface area (Å²) in [6.45, 7) is 1.98. The first-order valence-electron chi connectivity index (χ1n) is 8.32. The monoisotopic (exact) mass is 333 g/mol. The molecular weight excluding hydrogens is 313 g/mol. The minimum atomic E-state index is -0.218. The van der Waals surface area contributed by atoms with Crippen molar-refractivity contribution in [3.05, 3.63) is 101 Å². The van der Waals surface area contributed by atoms with E-state index in [1.54, 1.807) is 12.1 Å². The number of halogens is 1. The van der Waals surface area contributed by atoms with Gasteiger partial charge in [0, 0.05) is 11.3 Å². The van der Waals surface area contributed by atoms with E-state index in [-0.39, 0.29) is 11.7 Å². The lowest BCUT2D eigenvalue weighted by Gasteiger charge is -2.11. The van der Waals surface area contributed by atoms with E-state index < -0.39 is 0 Å². The van der Waals surface area contributed by atoms with Crippen molar-refractivity contribution in [2.24, 2.45) is 0 Å². The fraction of sp³-hybridized carbons (Fsp3) is 0.136. The van der Waals surface area contributed by atoms with Gasteiger partial charge in [-0.25, -0.2) is 4.39 Å². The number of rotatable bonds is 5. The molecule has 0 heterocycles. The van der Waals surface area contributed by atoms with Crippen LogP contribution in [0.1, 0.15) is 27.0 Å². The van der Waals surface area contributed by atoms with Crippen LogP contribution >= 0.6 is 0 Å². The molecule has 0 aromatic heterocycles. The first kappa shape index (κ1) is 16.9. The number of aryl methyl sites for hydroxylation is 3. The van der Waals surface area contributed by atoms with Crippen molar-refractivity contribution in [1.82, 2.24) is 0 Å². The Hall–Kier alpha value is -2.94. The molecule has 0 unspecified atom stereocenters. The van der Waals surface area contributed by atoms with Crippen LogP contribution in [0.3, 0.4) is 0 Å². The zero-order chi connectivity index (χ0) is 17.6. The molecule has 0 atom stereocenters. The second kappa shape index (κ2) is 7.75. The Kier molecular flexibility index (Phi) is 5.24. The number of benzene rings is 3. The van der Waals surface area contributed by atoms with Gasteiger partial charge < -0.3 is 5.32 Å². The summed E-state index contributed by atoms with van der Waals surface area (Å²) in [5, 5.41) is 2.98. The van der Waals surface area contributed by atoms with E-state index >= 15 is 0 Å². The second-order valence-corrected chi connectivity index (χ2v) is 6.10. The summed E-state index contributed by atoms with van der Waals surface area (Å²) >= 11 is 0. The van der Waals surface area contributed by atoms with E-state index in [1.165, 1.54) is 12.1 Å². The average molecular weight is 333 g/mol. The van der Waals surface area contributed by atoms with Gasteiger partial charge in [0.25, 0.3) is 5.91 Å². The SMILES string of the molecule is Cc1ccc(CCc2ccc(F)cc2)cc1NC(=O)c1ccccc1. The van der Waals surface area contributed by atoms with Gasteiger partial charge in [-0.2, -0.15) is 0 Å². The van der Waals surface area contributed by atoms with Crippen LogP contribution in [0.4, 0.5) is 10.1 Å². The van der Waals surface area contributed by atoms with Crippen LogP contribution in [-0.4, -0.2) is 5.91 Å². The highest BCUT2D eigenvalue weighted by Gasteiger charge is 2.08. The minimum Gasteiger partial charge on any atom is -0.322 e. The Morgan fingerprint density at radius 2 is 1.52 bits per heavy atom. The number of amides is 1. The summed E-state index contributed by atoms with van der Waals surface area (Å²) in [6, 6.07) is 21.8. The lowest BCUT2D eigenvalue weighted by atomic mass is 10.0. The maximum Gasteiger partial charge on any atom is 0.255 e.